The monoisotopic (exact) mass is 432 g/mol. The molecule has 0 aromatic carbocycles. The van der Waals surface area contributed by atoms with Crippen molar-refractivity contribution in [3.05, 3.63) is 58.6 Å². The van der Waals surface area contributed by atoms with Crippen molar-refractivity contribution in [2.75, 3.05) is 46.0 Å². The predicted molar refractivity (Wildman–Crippen MR) is 116 cm³/mol. The van der Waals surface area contributed by atoms with Crippen LogP contribution >= 0.6 is 11.6 Å². The number of pyridine rings is 2. The quantitative estimate of drug-likeness (QED) is 0.447. The van der Waals surface area contributed by atoms with E-state index in [0.717, 1.165) is 49.4 Å². The largest absolute Gasteiger partial charge is 0.447 e. The number of halogens is 1. The van der Waals surface area contributed by atoms with Crippen molar-refractivity contribution in [1.82, 2.24) is 19.8 Å². The SMILES string of the molecule is Cc1cccc(CCCOCCOC(=O)N2CCN(Cc3cccnc3Cl)CC2)n1. The molecule has 0 unspecified atom stereocenters. The van der Waals surface area contributed by atoms with Gasteiger partial charge in [0.1, 0.15) is 11.8 Å². The zero-order chi connectivity index (χ0) is 21.2. The number of carbonyl (C=O) groups excluding carboxylic acids is 1. The van der Waals surface area contributed by atoms with Crippen LogP contribution in [0.5, 0.6) is 0 Å². The van der Waals surface area contributed by atoms with Gasteiger partial charge < -0.3 is 14.4 Å². The van der Waals surface area contributed by atoms with E-state index in [1.165, 1.54) is 0 Å². The van der Waals surface area contributed by atoms with E-state index in [4.69, 9.17) is 21.1 Å². The molecule has 1 aliphatic rings. The Hall–Kier alpha value is -2.22. The molecule has 3 heterocycles. The van der Waals surface area contributed by atoms with Gasteiger partial charge in [0.25, 0.3) is 0 Å². The summed E-state index contributed by atoms with van der Waals surface area (Å²) in [5.41, 5.74) is 3.11. The average molecular weight is 433 g/mol. The van der Waals surface area contributed by atoms with E-state index in [1.807, 2.05) is 37.3 Å². The van der Waals surface area contributed by atoms with Crippen molar-refractivity contribution in [2.24, 2.45) is 0 Å². The summed E-state index contributed by atoms with van der Waals surface area (Å²) in [6.45, 7) is 6.88. The standard InChI is InChI=1S/C22H29ClN4O3/c1-18-5-2-7-20(25-18)8-4-14-29-15-16-30-22(28)27-12-10-26(11-13-27)17-19-6-3-9-24-21(19)23/h2-3,5-7,9H,4,8,10-17H2,1H3. The second-order valence-electron chi connectivity index (χ2n) is 7.32. The van der Waals surface area contributed by atoms with Crippen LogP contribution < -0.4 is 0 Å². The van der Waals surface area contributed by atoms with Crippen molar-refractivity contribution < 1.29 is 14.3 Å². The van der Waals surface area contributed by atoms with Gasteiger partial charge in [0.05, 0.1) is 6.61 Å². The second-order valence-corrected chi connectivity index (χ2v) is 7.68. The van der Waals surface area contributed by atoms with Crippen LogP contribution in [0.4, 0.5) is 4.79 Å². The van der Waals surface area contributed by atoms with E-state index in [1.54, 1.807) is 11.1 Å². The number of rotatable bonds is 9. The molecule has 1 amide bonds. The third kappa shape index (κ3) is 7.23. The van der Waals surface area contributed by atoms with Gasteiger partial charge in [-0.2, -0.15) is 0 Å². The molecule has 1 aliphatic heterocycles. The van der Waals surface area contributed by atoms with E-state index < -0.39 is 0 Å². The normalized spacial score (nSPS) is 14.7. The highest BCUT2D eigenvalue weighted by Gasteiger charge is 2.22. The van der Waals surface area contributed by atoms with Gasteiger partial charge in [0.15, 0.2) is 0 Å². The van der Waals surface area contributed by atoms with Gasteiger partial charge in [0.2, 0.25) is 0 Å². The van der Waals surface area contributed by atoms with Crippen LogP contribution in [-0.4, -0.2) is 71.9 Å². The third-order valence-electron chi connectivity index (χ3n) is 4.98. The number of aromatic nitrogens is 2. The lowest BCUT2D eigenvalue weighted by atomic mass is 10.2. The molecule has 0 N–H and O–H groups in total. The summed E-state index contributed by atoms with van der Waals surface area (Å²) in [4.78, 5) is 24.8. The Bertz CT molecular complexity index is 812. The molecular formula is C22H29ClN4O3. The second kappa shape index (κ2) is 11.8. The van der Waals surface area contributed by atoms with E-state index >= 15 is 0 Å². The summed E-state index contributed by atoms with van der Waals surface area (Å²) >= 11 is 6.13. The fraction of sp³-hybridized carbons (Fsp3) is 0.500. The summed E-state index contributed by atoms with van der Waals surface area (Å²) in [6.07, 6.45) is 3.19. The highest BCUT2D eigenvalue weighted by atomic mass is 35.5. The molecule has 1 fully saturated rings. The van der Waals surface area contributed by atoms with Crippen LogP contribution in [0, 0.1) is 6.92 Å². The Kier molecular flexibility index (Phi) is 8.86. The lowest BCUT2D eigenvalue weighted by Crippen LogP contribution is -2.48. The van der Waals surface area contributed by atoms with Crippen molar-refractivity contribution in [3.63, 3.8) is 0 Å². The van der Waals surface area contributed by atoms with E-state index in [-0.39, 0.29) is 12.7 Å². The van der Waals surface area contributed by atoms with Gasteiger partial charge in [0, 0.05) is 62.5 Å². The number of carbonyl (C=O) groups is 1. The third-order valence-corrected chi connectivity index (χ3v) is 5.32. The maximum Gasteiger partial charge on any atom is 0.409 e. The first-order valence-electron chi connectivity index (χ1n) is 10.4. The maximum atomic E-state index is 12.2. The van der Waals surface area contributed by atoms with Crippen LogP contribution in [0.2, 0.25) is 5.15 Å². The Balaban J connectivity index is 1.24. The first-order valence-corrected chi connectivity index (χ1v) is 10.7. The number of hydrogen-bond donors (Lipinski definition) is 0. The Labute approximate surface area is 183 Å². The van der Waals surface area contributed by atoms with Crippen molar-refractivity contribution in [2.45, 2.75) is 26.3 Å². The van der Waals surface area contributed by atoms with Crippen LogP contribution in [0.1, 0.15) is 23.4 Å². The van der Waals surface area contributed by atoms with Crippen LogP contribution in [0.25, 0.3) is 0 Å². The highest BCUT2D eigenvalue weighted by Crippen LogP contribution is 2.15. The Morgan fingerprint density at radius 3 is 2.70 bits per heavy atom. The summed E-state index contributed by atoms with van der Waals surface area (Å²) in [5, 5.41) is 0.537. The summed E-state index contributed by atoms with van der Waals surface area (Å²) in [7, 11) is 0. The van der Waals surface area contributed by atoms with Gasteiger partial charge in [-0.05, 0) is 38.0 Å². The van der Waals surface area contributed by atoms with Crippen LogP contribution in [0.15, 0.2) is 36.5 Å². The molecule has 2 aromatic heterocycles. The Morgan fingerprint density at radius 1 is 1.10 bits per heavy atom. The zero-order valence-corrected chi connectivity index (χ0v) is 18.2. The number of amides is 1. The average Bonchev–Trinajstić information content (AvgIpc) is 2.75. The molecule has 0 spiro atoms. The van der Waals surface area contributed by atoms with Crippen molar-refractivity contribution in [3.8, 4) is 0 Å². The molecule has 30 heavy (non-hydrogen) atoms. The van der Waals surface area contributed by atoms with E-state index in [2.05, 4.69) is 14.9 Å². The molecule has 162 valence electrons. The molecule has 0 saturated carbocycles. The minimum absolute atomic E-state index is 0.271. The fourth-order valence-electron chi connectivity index (χ4n) is 3.34. The smallest absolute Gasteiger partial charge is 0.409 e. The van der Waals surface area contributed by atoms with E-state index in [0.29, 0.717) is 31.5 Å². The number of ether oxygens (including phenoxy) is 2. The fourth-order valence-corrected chi connectivity index (χ4v) is 3.52. The molecule has 3 rings (SSSR count). The summed E-state index contributed by atoms with van der Waals surface area (Å²) in [6, 6.07) is 9.90. The molecule has 8 heteroatoms. The molecule has 0 radical (unpaired) electrons. The van der Waals surface area contributed by atoms with Gasteiger partial charge in [-0.25, -0.2) is 9.78 Å². The molecule has 0 bridgehead atoms. The first kappa shape index (κ1) is 22.5. The van der Waals surface area contributed by atoms with Gasteiger partial charge in [-0.3, -0.25) is 9.88 Å². The summed E-state index contributed by atoms with van der Waals surface area (Å²) in [5.74, 6) is 0. The molecule has 7 nitrogen and oxygen atoms in total. The number of piperazine rings is 1. The van der Waals surface area contributed by atoms with Crippen molar-refractivity contribution in [1.29, 1.82) is 0 Å². The number of aryl methyl sites for hydroxylation is 2. The van der Waals surface area contributed by atoms with Gasteiger partial charge in [-0.15, -0.1) is 0 Å². The molecule has 1 saturated heterocycles. The van der Waals surface area contributed by atoms with Gasteiger partial charge in [-0.1, -0.05) is 23.7 Å². The minimum Gasteiger partial charge on any atom is -0.447 e. The maximum absolute atomic E-state index is 12.2. The Morgan fingerprint density at radius 2 is 1.93 bits per heavy atom. The number of hydrogen-bond acceptors (Lipinski definition) is 6. The van der Waals surface area contributed by atoms with Crippen molar-refractivity contribution >= 4 is 17.7 Å². The van der Waals surface area contributed by atoms with Crippen LogP contribution in [0.3, 0.4) is 0 Å². The minimum atomic E-state index is -0.276. The van der Waals surface area contributed by atoms with Gasteiger partial charge >= 0.3 is 6.09 Å². The highest BCUT2D eigenvalue weighted by molar-refractivity contribution is 6.30. The predicted octanol–water partition coefficient (Wildman–Crippen LogP) is 3.34. The number of nitrogens with zero attached hydrogens (tertiary/aromatic N) is 4. The molecule has 2 aromatic rings. The molecule has 0 aliphatic carbocycles. The summed E-state index contributed by atoms with van der Waals surface area (Å²) < 4.78 is 10.9. The zero-order valence-electron chi connectivity index (χ0n) is 17.4. The topological polar surface area (TPSA) is 67.8 Å². The van der Waals surface area contributed by atoms with E-state index in [9.17, 15) is 4.79 Å². The molecular weight excluding hydrogens is 404 g/mol. The first-order chi connectivity index (χ1) is 14.6. The lowest BCUT2D eigenvalue weighted by molar-refractivity contribution is 0.0430. The van der Waals surface area contributed by atoms with Crippen LogP contribution in [-0.2, 0) is 22.4 Å². The lowest BCUT2D eigenvalue weighted by Gasteiger charge is -2.34. The molecule has 0 atom stereocenters.